The standard InChI is InChI=1S/C16H16BrNOS/c1-10-8-20-9-13(10)16(17)12-3-5-14-11(7-12)4-6-15(19)18(14)2/h3,5,7-9,16H,4,6H2,1-2H3. The summed E-state index contributed by atoms with van der Waals surface area (Å²) in [7, 11) is 1.86. The minimum atomic E-state index is 0.203. The molecule has 0 aliphatic carbocycles. The van der Waals surface area contributed by atoms with Crippen molar-refractivity contribution >= 4 is 38.9 Å². The lowest BCUT2D eigenvalue weighted by molar-refractivity contribution is -0.118. The summed E-state index contributed by atoms with van der Waals surface area (Å²) in [5, 5.41) is 4.37. The van der Waals surface area contributed by atoms with Gasteiger partial charge in [0.1, 0.15) is 0 Å². The first kappa shape index (κ1) is 13.8. The molecular weight excluding hydrogens is 334 g/mol. The Balaban J connectivity index is 1.97. The van der Waals surface area contributed by atoms with Crippen LogP contribution >= 0.6 is 27.3 Å². The lowest BCUT2D eigenvalue weighted by Gasteiger charge is -2.26. The molecule has 104 valence electrons. The predicted molar refractivity (Wildman–Crippen MR) is 88.0 cm³/mol. The molecule has 2 heterocycles. The maximum absolute atomic E-state index is 11.7. The Morgan fingerprint density at radius 1 is 1.30 bits per heavy atom. The molecule has 0 N–H and O–H groups in total. The molecule has 2 nitrogen and oxygen atoms in total. The van der Waals surface area contributed by atoms with E-state index >= 15 is 0 Å². The molecule has 1 aliphatic heterocycles. The highest BCUT2D eigenvalue weighted by atomic mass is 79.9. The van der Waals surface area contributed by atoms with Crippen molar-refractivity contribution in [3.8, 4) is 0 Å². The van der Waals surface area contributed by atoms with E-state index in [-0.39, 0.29) is 10.7 Å². The Bertz CT molecular complexity index is 664. The molecule has 1 amide bonds. The summed E-state index contributed by atoms with van der Waals surface area (Å²) in [6.07, 6.45) is 1.45. The molecule has 1 atom stereocenters. The van der Waals surface area contributed by atoms with Crippen LogP contribution in [0.2, 0.25) is 0 Å². The van der Waals surface area contributed by atoms with Crippen molar-refractivity contribution in [1.82, 2.24) is 0 Å². The number of rotatable bonds is 2. The normalized spacial score (nSPS) is 16.1. The number of halogens is 1. The minimum absolute atomic E-state index is 0.203. The summed E-state index contributed by atoms with van der Waals surface area (Å²) in [5.74, 6) is 0.203. The first-order chi connectivity index (χ1) is 9.58. The third-order valence-electron chi connectivity index (χ3n) is 3.91. The van der Waals surface area contributed by atoms with E-state index in [1.807, 2.05) is 7.05 Å². The summed E-state index contributed by atoms with van der Waals surface area (Å²) >= 11 is 5.54. The molecule has 1 aliphatic rings. The SMILES string of the molecule is Cc1cscc1C(Br)c1ccc2c(c1)CCC(=O)N2C. The van der Waals surface area contributed by atoms with Gasteiger partial charge in [0, 0.05) is 19.2 Å². The van der Waals surface area contributed by atoms with Gasteiger partial charge in [0.15, 0.2) is 0 Å². The van der Waals surface area contributed by atoms with Gasteiger partial charge in [0.25, 0.3) is 0 Å². The number of fused-ring (bicyclic) bond motifs is 1. The van der Waals surface area contributed by atoms with Gasteiger partial charge in [-0.15, -0.1) is 0 Å². The molecule has 0 saturated carbocycles. The largest absolute Gasteiger partial charge is 0.315 e. The molecule has 20 heavy (non-hydrogen) atoms. The van der Waals surface area contributed by atoms with E-state index in [2.05, 4.69) is 51.8 Å². The van der Waals surface area contributed by atoms with E-state index in [0.717, 1.165) is 12.1 Å². The van der Waals surface area contributed by atoms with Gasteiger partial charge in [0.05, 0.1) is 4.83 Å². The van der Waals surface area contributed by atoms with E-state index in [1.54, 1.807) is 16.2 Å². The van der Waals surface area contributed by atoms with Gasteiger partial charge in [-0.05, 0) is 52.4 Å². The highest BCUT2D eigenvalue weighted by Crippen LogP contribution is 2.37. The number of nitrogens with zero attached hydrogens (tertiary/aromatic N) is 1. The Labute approximate surface area is 131 Å². The zero-order valence-corrected chi connectivity index (χ0v) is 13.9. The van der Waals surface area contributed by atoms with Crippen molar-refractivity contribution in [2.24, 2.45) is 0 Å². The Morgan fingerprint density at radius 3 is 2.80 bits per heavy atom. The van der Waals surface area contributed by atoms with Crippen LogP contribution in [0.25, 0.3) is 0 Å². The molecule has 1 unspecified atom stereocenters. The monoisotopic (exact) mass is 349 g/mol. The molecular formula is C16H16BrNOS. The molecule has 4 heteroatoms. The van der Waals surface area contributed by atoms with Crippen LogP contribution in [0.15, 0.2) is 29.0 Å². The van der Waals surface area contributed by atoms with Gasteiger partial charge in [-0.2, -0.15) is 11.3 Å². The van der Waals surface area contributed by atoms with Crippen LogP contribution in [0.4, 0.5) is 5.69 Å². The second-order valence-corrected chi connectivity index (χ2v) is 6.87. The fourth-order valence-corrected chi connectivity index (χ4v) is 4.47. The highest BCUT2D eigenvalue weighted by molar-refractivity contribution is 9.09. The van der Waals surface area contributed by atoms with Gasteiger partial charge in [-0.1, -0.05) is 28.1 Å². The van der Waals surface area contributed by atoms with Crippen molar-refractivity contribution in [2.45, 2.75) is 24.6 Å². The maximum Gasteiger partial charge on any atom is 0.227 e. The minimum Gasteiger partial charge on any atom is -0.315 e. The van der Waals surface area contributed by atoms with Gasteiger partial charge in [0.2, 0.25) is 5.91 Å². The number of anilines is 1. The van der Waals surface area contributed by atoms with E-state index in [0.29, 0.717) is 6.42 Å². The molecule has 0 bridgehead atoms. The van der Waals surface area contributed by atoms with Crippen LogP contribution in [0, 0.1) is 6.92 Å². The van der Waals surface area contributed by atoms with Crippen molar-refractivity contribution in [3.05, 3.63) is 51.2 Å². The van der Waals surface area contributed by atoms with Gasteiger partial charge in [-0.3, -0.25) is 4.79 Å². The second-order valence-electron chi connectivity index (χ2n) is 5.21. The average Bonchev–Trinajstić information content (AvgIpc) is 2.88. The van der Waals surface area contributed by atoms with E-state index in [9.17, 15) is 4.79 Å². The molecule has 3 rings (SSSR count). The fraction of sp³-hybridized carbons (Fsp3) is 0.312. The number of aryl methyl sites for hydroxylation is 2. The lowest BCUT2D eigenvalue weighted by Crippen LogP contribution is -2.31. The van der Waals surface area contributed by atoms with Gasteiger partial charge in [-0.25, -0.2) is 0 Å². The van der Waals surface area contributed by atoms with Crippen LogP contribution in [0.3, 0.4) is 0 Å². The molecule has 0 fully saturated rings. The van der Waals surface area contributed by atoms with Crippen LogP contribution in [-0.4, -0.2) is 13.0 Å². The Morgan fingerprint density at radius 2 is 2.10 bits per heavy atom. The summed E-state index contributed by atoms with van der Waals surface area (Å²) < 4.78 is 0. The molecule has 1 aromatic heterocycles. The second kappa shape index (κ2) is 5.34. The van der Waals surface area contributed by atoms with Crippen LogP contribution < -0.4 is 4.90 Å². The van der Waals surface area contributed by atoms with Crippen molar-refractivity contribution in [2.75, 3.05) is 11.9 Å². The number of thiophene rings is 1. The number of carbonyl (C=O) groups is 1. The summed E-state index contributed by atoms with van der Waals surface area (Å²) in [5.41, 5.74) is 6.22. The number of alkyl halides is 1. The topological polar surface area (TPSA) is 20.3 Å². The quantitative estimate of drug-likeness (QED) is 0.733. The van der Waals surface area contributed by atoms with E-state index in [1.165, 1.54) is 22.3 Å². The molecule has 0 saturated heterocycles. The average molecular weight is 350 g/mol. The molecule has 2 aromatic rings. The Hall–Kier alpha value is -1.13. The smallest absolute Gasteiger partial charge is 0.227 e. The van der Waals surface area contributed by atoms with Crippen molar-refractivity contribution in [3.63, 3.8) is 0 Å². The summed E-state index contributed by atoms with van der Waals surface area (Å²) in [4.78, 5) is 13.7. The number of hydrogen-bond donors (Lipinski definition) is 0. The Kier molecular flexibility index (Phi) is 3.69. The van der Waals surface area contributed by atoms with E-state index in [4.69, 9.17) is 0 Å². The zero-order chi connectivity index (χ0) is 14.3. The van der Waals surface area contributed by atoms with Gasteiger partial charge < -0.3 is 4.90 Å². The zero-order valence-electron chi connectivity index (χ0n) is 11.5. The molecule has 1 aromatic carbocycles. The third-order valence-corrected chi connectivity index (χ3v) is 5.81. The van der Waals surface area contributed by atoms with Crippen LogP contribution in [-0.2, 0) is 11.2 Å². The summed E-state index contributed by atoms with van der Waals surface area (Å²) in [6, 6.07) is 6.41. The van der Waals surface area contributed by atoms with Gasteiger partial charge >= 0.3 is 0 Å². The van der Waals surface area contributed by atoms with Crippen LogP contribution in [0.1, 0.15) is 33.5 Å². The van der Waals surface area contributed by atoms with E-state index < -0.39 is 0 Å². The number of carbonyl (C=O) groups excluding carboxylic acids is 1. The number of benzene rings is 1. The molecule has 0 radical (unpaired) electrons. The first-order valence-electron chi connectivity index (χ1n) is 6.64. The maximum atomic E-state index is 11.7. The van der Waals surface area contributed by atoms with Crippen LogP contribution in [0.5, 0.6) is 0 Å². The fourth-order valence-electron chi connectivity index (χ4n) is 2.64. The molecule has 0 spiro atoms. The number of hydrogen-bond acceptors (Lipinski definition) is 2. The lowest BCUT2D eigenvalue weighted by atomic mass is 9.96. The highest BCUT2D eigenvalue weighted by Gasteiger charge is 2.22. The predicted octanol–water partition coefficient (Wildman–Crippen LogP) is 4.45. The van der Waals surface area contributed by atoms with Crippen molar-refractivity contribution < 1.29 is 4.79 Å². The third kappa shape index (κ3) is 2.31. The van der Waals surface area contributed by atoms with Crippen molar-refractivity contribution in [1.29, 1.82) is 0 Å². The summed E-state index contributed by atoms with van der Waals surface area (Å²) in [6.45, 7) is 2.14. The number of amides is 1. The first-order valence-corrected chi connectivity index (χ1v) is 8.50.